The highest BCUT2D eigenvalue weighted by Crippen LogP contribution is 2.40. The van der Waals surface area contributed by atoms with Gasteiger partial charge >= 0.3 is 0 Å². The standard InChI is InChI=1S/C6H8OS3/c1-5-6(3-4-7-5)9-10-8-2/h3-4H,1-2H3. The van der Waals surface area contributed by atoms with Gasteiger partial charge in [-0.3, -0.25) is 0 Å². The van der Waals surface area contributed by atoms with E-state index in [1.807, 2.05) is 13.0 Å². The molecule has 56 valence electrons. The predicted octanol–water partition coefficient (Wildman–Crippen LogP) is 3.61. The van der Waals surface area contributed by atoms with Gasteiger partial charge in [-0.05, 0) is 39.9 Å². The van der Waals surface area contributed by atoms with Crippen LogP contribution in [0.15, 0.2) is 21.6 Å². The number of furan rings is 1. The van der Waals surface area contributed by atoms with Gasteiger partial charge in [-0.15, -0.1) is 0 Å². The van der Waals surface area contributed by atoms with Crippen molar-refractivity contribution in [1.82, 2.24) is 0 Å². The van der Waals surface area contributed by atoms with E-state index in [9.17, 15) is 0 Å². The minimum absolute atomic E-state index is 1.01. The van der Waals surface area contributed by atoms with Gasteiger partial charge in [0.25, 0.3) is 0 Å². The third-order valence-corrected chi connectivity index (χ3v) is 4.80. The van der Waals surface area contributed by atoms with Crippen molar-refractivity contribution in [3.8, 4) is 0 Å². The maximum Gasteiger partial charge on any atom is 0.115 e. The molecule has 0 bridgehead atoms. The van der Waals surface area contributed by atoms with Crippen LogP contribution < -0.4 is 0 Å². The summed E-state index contributed by atoms with van der Waals surface area (Å²) in [7, 11) is 5.24. The third kappa shape index (κ3) is 2.18. The summed E-state index contributed by atoms with van der Waals surface area (Å²) in [5, 5.41) is 0. The maximum atomic E-state index is 5.12. The molecule has 0 saturated carbocycles. The van der Waals surface area contributed by atoms with E-state index in [-0.39, 0.29) is 0 Å². The molecule has 10 heavy (non-hydrogen) atoms. The zero-order valence-electron chi connectivity index (χ0n) is 5.79. The molecule has 0 saturated heterocycles. The van der Waals surface area contributed by atoms with Crippen LogP contribution >= 0.6 is 31.4 Å². The van der Waals surface area contributed by atoms with Gasteiger partial charge in [0.05, 0.1) is 11.2 Å². The van der Waals surface area contributed by atoms with E-state index in [0.717, 1.165) is 5.76 Å². The fourth-order valence-electron chi connectivity index (χ4n) is 0.530. The smallest absolute Gasteiger partial charge is 0.115 e. The number of rotatable bonds is 3. The predicted molar refractivity (Wildman–Crippen MR) is 50.4 cm³/mol. The van der Waals surface area contributed by atoms with Crippen LogP contribution in [0.3, 0.4) is 0 Å². The topological polar surface area (TPSA) is 13.1 Å². The van der Waals surface area contributed by atoms with Crippen molar-refractivity contribution in [3.63, 3.8) is 0 Å². The first kappa shape index (κ1) is 8.43. The van der Waals surface area contributed by atoms with Crippen LogP contribution in [0.4, 0.5) is 0 Å². The molecule has 0 aromatic carbocycles. The number of aryl methyl sites for hydroxylation is 1. The molecule has 1 rings (SSSR count). The zero-order valence-corrected chi connectivity index (χ0v) is 8.24. The summed E-state index contributed by atoms with van der Waals surface area (Å²) in [4.78, 5) is 1.22. The Bertz CT molecular complexity index is 197. The molecule has 1 aromatic heterocycles. The average molecular weight is 192 g/mol. The van der Waals surface area contributed by atoms with Crippen molar-refractivity contribution >= 4 is 31.4 Å². The summed E-state index contributed by atoms with van der Waals surface area (Å²) in [5.74, 6) is 1.01. The molecule has 0 fully saturated rings. The lowest BCUT2D eigenvalue weighted by Crippen LogP contribution is -1.62. The van der Waals surface area contributed by atoms with E-state index in [2.05, 4.69) is 6.26 Å². The monoisotopic (exact) mass is 192 g/mol. The van der Waals surface area contributed by atoms with Crippen LogP contribution in [0.2, 0.25) is 0 Å². The SMILES string of the molecule is CSSSc1ccoc1C. The third-order valence-electron chi connectivity index (χ3n) is 1.00. The molecule has 1 aromatic rings. The van der Waals surface area contributed by atoms with Gasteiger partial charge in [-0.2, -0.15) is 0 Å². The van der Waals surface area contributed by atoms with Gasteiger partial charge in [-0.25, -0.2) is 0 Å². The highest BCUT2D eigenvalue weighted by atomic mass is 33.5. The van der Waals surface area contributed by atoms with E-state index < -0.39 is 0 Å². The molecule has 1 nitrogen and oxygen atoms in total. The second-order valence-electron chi connectivity index (χ2n) is 1.66. The average Bonchev–Trinajstić information content (AvgIpc) is 2.31. The van der Waals surface area contributed by atoms with Crippen LogP contribution in [0, 0.1) is 6.92 Å². The van der Waals surface area contributed by atoms with Gasteiger partial charge < -0.3 is 4.42 Å². The van der Waals surface area contributed by atoms with E-state index in [1.54, 1.807) is 37.7 Å². The number of hydrogen-bond donors (Lipinski definition) is 0. The van der Waals surface area contributed by atoms with Crippen LogP contribution in [-0.4, -0.2) is 6.26 Å². The fraction of sp³-hybridized carbons (Fsp3) is 0.333. The summed E-state index contributed by atoms with van der Waals surface area (Å²) in [6.07, 6.45) is 3.78. The Morgan fingerprint density at radius 3 is 2.80 bits per heavy atom. The van der Waals surface area contributed by atoms with Gasteiger partial charge in [-0.1, -0.05) is 10.8 Å². The lowest BCUT2D eigenvalue weighted by Gasteiger charge is -1.92. The van der Waals surface area contributed by atoms with Crippen molar-refractivity contribution in [3.05, 3.63) is 18.1 Å². The Morgan fingerprint density at radius 1 is 1.50 bits per heavy atom. The van der Waals surface area contributed by atoms with Crippen molar-refractivity contribution in [2.24, 2.45) is 0 Å². The van der Waals surface area contributed by atoms with E-state index in [1.165, 1.54) is 4.90 Å². The van der Waals surface area contributed by atoms with Crippen LogP contribution in [0.1, 0.15) is 5.76 Å². The highest BCUT2D eigenvalue weighted by molar-refractivity contribution is 9.09. The lowest BCUT2D eigenvalue weighted by molar-refractivity contribution is 0.527. The van der Waals surface area contributed by atoms with Crippen molar-refractivity contribution in [2.45, 2.75) is 11.8 Å². The molecule has 0 N–H and O–H groups in total. The van der Waals surface area contributed by atoms with E-state index in [0.29, 0.717) is 0 Å². The van der Waals surface area contributed by atoms with Crippen molar-refractivity contribution in [1.29, 1.82) is 0 Å². The normalized spacial score (nSPS) is 10.2. The van der Waals surface area contributed by atoms with Gasteiger partial charge in [0.1, 0.15) is 5.76 Å². The number of hydrogen-bond acceptors (Lipinski definition) is 4. The first-order chi connectivity index (χ1) is 4.84. The van der Waals surface area contributed by atoms with Crippen molar-refractivity contribution < 1.29 is 4.42 Å². The summed E-state index contributed by atoms with van der Waals surface area (Å²) >= 11 is 0. The molecular formula is C6H8OS3. The molecule has 4 heteroatoms. The first-order valence-corrected chi connectivity index (χ1v) is 6.65. The fourth-order valence-corrected chi connectivity index (χ4v) is 3.16. The summed E-state index contributed by atoms with van der Waals surface area (Å²) in [6.45, 7) is 1.98. The summed E-state index contributed by atoms with van der Waals surface area (Å²) < 4.78 is 5.12. The molecule has 0 spiro atoms. The van der Waals surface area contributed by atoms with E-state index >= 15 is 0 Å². The largest absolute Gasteiger partial charge is 0.468 e. The Morgan fingerprint density at radius 2 is 2.30 bits per heavy atom. The minimum Gasteiger partial charge on any atom is -0.468 e. The summed E-state index contributed by atoms with van der Waals surface area (Å²) in [5.41, 5.74) is 0. The summed E-state index contributed by atoms with van der Waals surface area (Å²) in [6, 6.07) is 1.99. The Kier molecular flexibility index (Phi) is 3.59. The quantitative estimate of drug-likeness (QED) is 0.678. The molecule has 0 atom stereocenters. The molecular weight excluding hydrogens is 184 g/mol. The molecule has 0 aliphatic heterocycles. The zero-order chi connectivity index (χ0) is 7.40. The van der Waals surface area contributed by atoms with E-state index in [4.69, 9.17) is 4.42 Å². The van der Waals surface area contributed by atoms with Crippen LogP contribution in [-0.2, 0) is 0 Å². The first-order valence-electron chi connectivity index (χ1n) is 2.76. The maximum absolute atomic E-state index is 5.12. The molecule has 0 amide bonds. The Labute approximate surface area is 72.1 Å². The molecule has 0 unspecified atom stereocenters. The lowest BCUT2D eigenvalue weighted by atomic mass is 10.5. The Balaban J connectivity index is 2.49. The van der Waals surface area contributed by atoms with Gasteiger partial charge in [0, 0.05) is 0 Å². The molecule has 1 heterocycles. The highest BCUT2D eigenvalue weighted by Gasteiger charge is 2.00. The molecule has 0 radical (unpaired) electrons. The molecule has 0 aliphatic carbocycles. The van der Waals surface area contributed by atoms with Gasteiger partial charge in [0.2, 0.25) is 0 Å². The van der Waals surface area contributed by atoms with Crippen LogP contribution in [0.25, 0.3) is 0 Å². The minimum atomic E-state index is 1.01. The molecule has 0 aliphatic rings. The van der Waals surface area contributed by atoms with Gasteiger partial charge in [0.15, 0.2) is 0 Å². The van der Waals surface area contributed by atoms with Crippen molar-refractivity contribution in [2.75, 3.05) is 6.26 Å². The van der Waals surface area contributed by atoms with Crippen LogP contribution in [0.5, 0.6) is 0 Å². The Hall–Kier alpha value is 0.330. The second-order valence-corrected chi connectivity index (χ2v) is 5.87. The second kappa shape index (κ2) is 4.26.